The largest absolute Gasteiger partial charge is 0.444 e. The van der Waals surface area contributed by atoms with Crippen molar-refractivity contribution in [1.29, 1.82) is 0 Å². The minimum atomic E-state index is -3.63. The summed E-state index contributed by atoms with van der Waals surface area (Å²) < 4.78 is 33.5. The van der Waals surface area contributed by atoms with Gasteiger partial charge in [-0.1, -0.05) is 12.1 Å². The summed E-state index contributed by atoms with van der Waals surface area (Å²) in [6, 6.07) is 5.19. The van der Waals surface area contributed by atoms with E-state index in [9.17, 15) is 18.0 Å². The zero-order valence-corrected chi connectivity index (χ0v) is 21.2. The summed E-state index contributed by atoms with van der Waals surface area (Å²) in [7, 11) is -3.63. The number of carbonyl (C=O) groups is 2. The zero-order chi connectivity index (χ0) is 24.4. The molecular formula is C24H37N3O5S. The van der Waals surface area contributed by atoms with Crippen molar-refractivity contribution in [3.63, 3.8) is 0 Å². The highest BCUT2D eigenvalue weighted by atomic mass is 32.2. The SMILES string of the molecule is Cc1ccc(C)c(S(=O)(=O)N2CCC[C@@H](NC(=O)[C@H]3CCCN(C(=O)OC(C)(C)C)C3)C2)c1. The van der Waals surface area contributed by atoms with Gasteiger partial charge in [0, 0.05) is 32.2 Å². The van der Waals surface area contributed by atoms with Crippen molar-refractivity contribution in [1.82, 2.24) is 14.5 Å². The van der Waals surface area contributed by atoms with E-state index < -0.39 is 21.7 Å². The number of hydrogen-bond acceptors (Lipinski definition) is 5. The number of sulfonamides is 1. The van der Waals surface area contributed by atoms with Gasteiger partial charge in [0.2, 0.25) is 15.9 Å². The van der Waals surface area contributed by atoms with Crippen LogP contribution in [-0.2, 0) is 19.6 Å². The first-order valence-corrected chi connectivity index (χ1v) is 13.2. The molecule has 2 aliphatic heterocycles. The molecule has 0 spiro atoms. The highest BCUT2D eigenvalue weighted by Gasteiger charge is 2.35. The third kappa shape index (κ3) is 6.47. The molecule has 33 heavy (non-hydrogen) atoms. The van der Waals surface area contributed by atoms with Gasteiger partial charge in [-0.05, 0) is 77.5 Å². The third-order valence-electron chi connectivity index (χ3n) is 6.14. The maximum Gasteiger partial charge on any atom is 0.410 e. The molecule has 0 saturated carbocycles. The van der Waals surface area contributed by atoms with Gasteiger partial charge in [-0.25, -0.2) is 13.2 Å². The number of benzene rings is 1. The molecule has 9 heteroatoms. The van der Waals surface area contributed by atoms with Crippen molar-refractivity contribution in [2.24, 2.45) is 5.92 Å². The van der Waals surface area contributed by atoms with E-state index in [0.717, 1.165) is 24.0 Å². The fourth-order valence-corrected chi connectivity index (χ4v) is 6.24. The predicted octanol–water partition coefficient (Wildman–Crippen LogP) is 3.22. The van der Waals surface area contributed by atoms with E-state index in [4.69, 9.17) is 4.74 Å². The second-order valence-electron chi connectivity index (χ2n) is 10.2. The Morgan fingerprint density at radius 3 is 2.45 bits per heavy atom. The van der Waals surface area contributed by atoms with Crippen LogP contribution < -0.4 is 5.32 Å². The molecule has 2 aliphatic rings. The van der Waals surface area contributed by atoms with Crippen molar-refractivity contribution < 1.29 is 22.7 Å². The van der Waals surface area contributed by atoms with E-state index in [0.29, 0.717) is 37.4 Å². The second-order valence-corrected chi connectivity index (χ2v) is 12.2. The van der Waals surface area contributed by atoms with Gasteiger partial charge >= 0.3 is 6.09 Å². The molecule has 3 rings (SSSR count). The predicted molar refractivity (Wildman–Crippen MR) is 126 cm³/mol. The molecule has 1 aromatic rings. The van der Waals surface area contributed by atoms with Crippen LogP contribution in [0.25, 0.3) is 0 Å². The maximum absolute atomic E-state index is 13.3. The molecule has 0 bridgehead atoms. The van der Waals surface area contributed by atoms with E-state index in [2.05, 4.69) is 5.32 Å². The van der Waals surface area contributed by atoms with Crippen LogP contribution in [0.3, 0.4) is 0 Å². The average molecular weight is 480 g/mol. The number of piperidine rings is 2. The number of ether oxygens (including phenoxy) is 1. The number of aryl methyl sites for hydroxylation is 2. The minimum Gasteiger partial charge on any atom is -0.444 e. The van der Waals surface area contributed by atoms with Crippen molar-refractivity contribution in [3.8, 4) is 0 Å². The Morgan fingerprint density at radius 2 is 1.76 bits per heavy atom. The van der Waals surface area contributed by atoms with Gasteiger partial charge < -0.3 is 15.0 Å². The molecule has 0 aliphatic carbocycles. The lowest BCUT2D eigenvalue weighted by atomic mass is 9.96. The Hall–Kier alpha value is -2.13. The first kappa shape index (κ1) is 25.5. The van der Waals surface area contributed by atoms with Crippen LogP contribution in [0.4, 0.5) is 4.79 Å². The number of amides is 2. The van der Waals surface area contributed by atoms with Gasteiger partial charge in [0.1, 0.15) is 5.60 Å². The van der Waals surface area contributed by atoms with E-state index in [1.165, 1.54) is 4.31 Å². The van der Waals surface area contributed by atoms with Crippen LogP contribution in [-0.4, -0.2) is 67.4 Å². The van der Waals surface area contributed by atoms with Crippen molar-refractivity contribution >= 4 is 22.0 Å². The topological polar surface area (TPSA) is 96.0 Å². The van der Waals surface area contributed by atoms with E-state index in [1.54, 1.807) is 17.9 Å². The summed E-state index contributed by atoms with van der Waals surface area (Å²) in [6.45, 7) is 10.7. The lowest BCUT2D eigenvalue weighted by Gasteiger charge is -2.36. The minimum absolute atomic E-state index is 0.126. The van der Waals surface area contributed by atoms with E-state index in [1.807, 2.05) is 39.8 Å². The van der Waals surface area contributed by atoms with E-state index in [-0.39, 0.29) is 24.4 Å². The smallest absolute Gasteiger partial charge is 0.410 e. The molecule has 2 saturated heterocycles. The summed E-state index contributed by atoms with van der Waals surface area (Å²) in [6.07, 6.45) is 2.44. The molecule has 2 heterocycles. The molecule has 2 fully saturated rings. The Balaban J connectivity index is 1.62. The third-order valence-corrected chi connectivity index (χ3v) is 8.14. The van der Waals surface area contributed by atoms with Crippen molar-refractivity contribution in [3.05, 3.63) is 29.3 Å². The van der Waals surface area contributed by atoms with Gasteiger partial charge in [0.05, 0.1) is 10.8 Å². The lowest BCUT2D eigenvalue weighted by Crippen LogP contribution is -2.53. The normalized spacial score (nSPS) is 22.6. The molecular weight excluding hydrogens is 442 g/mol. The molecule has 1 aromatic carbocycles. The first-order valence-electron chi connectivity index (χ1n) is 11.7. The van der Waals surface area contributed by atoms with Gasteiger partial charge in [0.25, 0.3) is 0 Å². The lowest BCUT2D eigenvalue weighted by molar-refractivity contribution is -0.127. The standard InChI is InChI=1S/C24H37N3O5S/c1-17-10-11-18(2)21(14-17)33(30,31)27-13-7-9-20(16-27)25-22(28)19-8-6-12-26(15-19)23(29)32-24(3,4)5/h10-11,14,19-20H,6-9,12-13,15-16H2,1-5H3,(H,25,28)/t19-,20+/m0/s1. The Labute approximate surface area is 197 Å². The van der Waals surface area contributed by atoms with Gasteiger partial charge in [-0.2, -0.15) is 4.31 Å². The quantitative estimate of drug-likeness (QED) is 0.715. The Kier molecular flexibility index (Phi) is 7.73. The summed E-state index contributed by atoms with van der Waals surface area (Å²) in [5, 5.41) is 3.05. The number of likely N-dealkylation sites (tertiary alicyclic amines) is 1. The zero-order valence-electron chi connectivity index (χ0n) is 20.4. The number of rotatable bonds is 4. The summed E-state index contributed by atoms with van der Waals surface area (Å²) in [4.78, 5) is 27.3. The van der Waals surface area contributed by atoms with Crippen molar-refractivity contribution in [2.75, 3.05) is 26.2 Å². The van der Waals surface area contributed by atoms with Crippen molar-refractivity contribution in [2.45, 2.75) is 76.8 Å². The number of hydrogen-bond donors (Lipinski definition) is 1. The highest BCUT2D eigenvalue weighted by molar-refractivity contribution is 7.89. The molecule has 8 nitrogen and oxygen atoms in total. The molecule has 0 radical (unpaired) electrons. The molecule has 2 amide bonds. The Morgan fingerprint density at radius 1 is 1.06 bits per heavy atom. The number of nitrogens with one attached hydrogen (secondary N) is 1. The molecule has 184 valence electrons. The summed E-state index contributed by atoms with van der Waals surface area (Å²) in [5.41, 5.74) is 1.03. The fourth-order valence-electron chi connectivity index (χ4n) is 4.41. The van der Waals surface area contributed by atoms with E-state index >= 15 is 0 Å². The summed E-state index contributed by atoms with van der Waals surface area (Å²) >= 11 is 0. The number of carbonyl (C=O) groups excluding carboxylic acids is 2. The van der Waals surface area contributed by atoms with Crippen LogP contribution in [0, 0.1) is 19.8 Å². The number of nitrogens with zero attached hydrogens (tertiary/aromatic N) is 2. The van der Waals surface area contributed by atoms with Crippen LogP contribution in [0.2, 0.25) is 0 Å². The fraction of sp³-hybridized carbons (Fsp3) is 0.667. The van der Waals surface area contributed by atoms with Crippen LogP contribution in [0.5, 0.6) is 0 Å². The first-order chi connectivity index (χ1) is 15.4. The van der Waals surface area contributed by atoms with Gasteiger partial charge in [-0.3, -0.25) is 4.79 Å². The Bertz CT molecular complexity index is 986. The molecule has 2 atom stereocenters. The molecule has 0 aromatic heterocycles. The average Bonchev–Trinajstić information content (AvgIpc) is 2.74. The monoisotopic (exact) mass is 479 g/mol. The highest BCUT2D eigenvalue weighted by Crippen LogP contribution is 2.25. The maximum atomic E-state index is 13.3. The second kappa shape index (κ2) is 10.0. The van der Waals surface area contributed by atoms with Crippen LogP contribution in [0.15, 0.2) is 23.1 Å². The summed E-state index contributed by atoms with van der Waals surface area (Å²) in [5.74, 6) is -0.448. The molecule has 0 unspecified atom stereocenters. The van der Waals surface area contributed by atoms with Crippen LogP contribution in [0.1, 0.15) is 57.6 Å². The van der Waals surface area contributed by atoms with Gasteiger partial charge in [-0.15, -0.1) is 0 Å². The molecule has 1 N–H and O–H groups in total. The van der Waals surface area contributed by atoms with Crippen LogP contribution >= 0.6 is 0 Å². The van der Waals surface area contributed by atoms with Gasteiger partial charge in [0.15, 0.2) is 0 Å².